The normalized spacial score (nSPS) is 11.2. The number of halogens is 1. The number of rotatable bonds is 5. The Kier molecular flexibility index (Phi) is 5.28. The molecule has 158 valence electrons. The third-order valence-corrected chi connectivity index (χ3v) is 5.95. The molecule has 1 N–H and O–H groups in total. The second-order valence-corrected chi connectivity index (χ2v) is 8.24. The minimum absolute atomic E-state index is 0.0576. The molecular formula is C24H18FN5OS. The van der Waals surface area contributed by atoms with Crippen molar-refractivity contribution in [1.29, 1.82) is 0 Å². The number of carbonyl (C=O) groups excluding carboxylic acids is 1. The Balaban J connectivity index is 1.51. The summed E-state index contributed by atoms with van der Waals surface area (Å²) in [5.74, 6) is -0.0396. The molecule has 5 rings (SSSR count). The van der Waals surface area contributed by atoms with Gasteiger partial charge in [0.2, 0.25) is 5.91 Å². The Labute approximate surface area is 187 Å². The minimum Gasteiger partial charge on any atom is -0.323 e. The number of fused-ring (bicyclic) bond motifs is 3. The summed E-state index contributed by atoms with van der Waals surface area (Å²) in [5.41, 5.74) is 4.47. The van der Waals surface area contributed by atoms with E-state index in [0.29, 0.717) is 16.5 Å². The molecule has 0 aliphatic heterocycles. The van der Waals surface area contributed by atoms with Crippen molar-refractivity contribution in [3.05, 3.63) is 84.2 Å². The average Bonchev–Trinajstić information content (AvgIpc) is 3.25. The van der Waals surface area contributed by atoms with E-state index in [4.69, 9.17) is 4.98 Å². The summed E-state index contributed by atoms with van der Waals surface area (Å²) in [4.78, 5) is 17.1. The van der Waals surface area contributed by atoms with Crippen LogP contribution in [0.25, 0.3) is 28.1 Å². The molecule has 2 heterocycles. The van der Waals surface area contributed by atoms with Crippen LogP contribution < -0.4 is 5.32 Å². The molecule has 5 aromatic rings. The third-order valence-electron chi connectivity index (χ3n) is 5.00. The molecule has 32 heavy (non-hydrogen) atoms. The van der Waals surface area contributed by atoms with Gasteiger partial charge >= 0.3 is 0 Å². The van der Waals surface area contributed by atoms with Gasteiger partial charge in [0.05, 0.1) is 22.5 Å². The zero-order valence-corrected chi connectivity index (χ0v) is 17.9. The summed E-state index contributed by atoms with van der Waals surface area (Å²) < 4.78 is 15.8. The molecule has 0 spiro atoms. The molecule has 6 nitrogen and oxygen atoms in total. The Morgan fingerprint density at radius 3 is 2.56 bits per heavy atom. The molecule has 0 radical (unpaired) electrons. The summed E-state index contributed by atoms with van der Waals surface area (Å²) in [6.45, 7) is 2.03. The second-order valence-electron chi connectivity index (χ2n) is 7.27. The van der Waals surface area contributed by atoms with E-state index in [0.717, 1.165) is 22.2 Å². The molecule has 0 bridgehead atoms. The van der Waals surface area contributed by atoms with Crippen molar-refractivity contribution in [2.75, 3.05) is 11.1 Å². The lowest BCUT2D eigenvalue weighted by Crippen LogP contribution is -2.15. The number of aryl methyl sites for hydroxylation is 1. The number of thioether (sulfide) groups is 1. The number of para-hydroxylation sites is 3. The molecule has 0 saturated carbocycles. The van der Waals surface area contributed by atoms with Crippen LogP contribution in [0.2, 0.25) is 0 Å². The van der Waals surface area contributed by atoms with E-state index < -0.39 is 5.82 Å². The van der Waals surface area contributed by atoms with Crippen LogP contribution in [0.15, 0.2) is 77.8 Å². The van der Waals surface area contributed by atoms with Gasteiger partial charge in [-0.15, -0.1) is 10.2 Å². The van der Waals surface area contributed by atoms with E-state index in [1.165, 1.54) is 23.9 Å². The molecule has 8 heteroatoms. The Bertz CT molecular complexity index is 1450. The minimum atomic E-state index is -0.475. The summed E-state index contributed by atoms with van der Waals surface area (Å²) >= 11 is 1.24. The van der Waals surface area contributed by atoms with Gasteiger partial charge in [-0.05, 0) is 31.2 Å². The fraction of sp³-hybridized carbons (Fsp3) is 0.0833. The van der Waals surface area contributed by atoms with Crippen LogP contribution in [0.3, 0.4) is 0 Å². The van der Waals surface area contributed by atoms with Crippen molar-refractivity contribution in [1.82, 2.24) is 19.6 Å². The lowest BCUT2D eigenvalue weighted by Gasteiger charge is -2.09. The van der Waals surface area contributed by atoms with E-state index in [9.17, 15) is 9.18 Å². The first-order valence-electron chi connectivity index (χ1n) is 9.98. The van der Waals surface area contributed by atoms with Gasteiger partial charge < -0.3 is 5.32 Å². The van der Waals surface area contributed by atoms with Crippen LogP contribution >= 0.6 is 11.8 Å². The predicted molar refractivity (Wildman–Crippen MR) is 124 cm³/mol. The SMILES string of the molecule is Cc1ccc(-c2nnc3c(SCC(=O)Nc4ccccc4F)nc4ccccc4n23)cc1. The van der Waals surface area contributed by atoms with Crippen LogP contribution in [-0.4, -0.2) is 31.2 Å². The molecule has 0 aliphatic rings. The highest BCUT2D eigenvalue weighted by atomic mass is 32.2. The summed E-state index contributed by atoms with van der Waals surface area (Å²) in [7, 11) is 0. The standard InChI is InChI=1S/C24H18FN5OS/c1-15-10-12-16(13-11-15)22-28-29-23-24(27-19-8-4-5-9-20(19)30(22)23)32-14-21(31)26-18-7-3-2-6-17(18)25/h2-13H,14H2,1H3,(H,26,31). The number of amides is 1. The smallest absolute Gasteiger partial charge is 0.234 e. The number of nitrogens with zero attached hydrogens (tertiary/aromatic N) is 4. The molecule has 0 unspecified atom stereocenters. The van der Waals surface area contributed by atoms with E-state index in [1.54, 1.807) is 12.1 Å². The maximum Gasteiger partial charge on any atom is 0.234 e. The molecule has 0 atom stereocenters. The topological polar surface area (TPSA) is 72.2 Å². The third kappa shape index (κ3) is 3.80. The quantitative estimate of drug-likeness (QED) is 0.382. The lowest BCUT2D eigenvalue weighted by atomic mass is 10.1. The Morgan fingerprint density at radius 2 is 1.75 bits per heavy atom. The molecule has 0 aliphatic carbocycles. The van der Waals surface area contributed by atoms with Gasteiger partial charge in [0, 0.05) is 5.56 Å². The number of hydrogen-bond acceptors (Lipinski definition) is 5. The monoisotopic (exact) mass is 443 g/mol. The van der Waals surface area contributed by atoms with Crippen molar-refractivity contribution >= 4 is 40.0 Å². The first kappa shape index (κ1) is 20.1. The lowest BCUT2D eigenvalue weighted by molar-refractivity contribution is -0.113. The van der Waals surface area contributed by atoms with Crippen LogP contribution in [0.5, 0.6) is 0 Å². The number of carbonyl (C=O) groups is 1. The van der Waals surface area contributed by atoms with E-state index in [2.05, 4.69) is 15.5 Å². The van der Waals surface area contributed by atoms with Gasteiger partial charge in [-0.25, -0.2) is 9.37 Å². The van der Waals surface area contributed by atoms with Gasteiger partial charge in [-0.2, -0.15) is 0 Å². The van der Waals surface area contributed by atoms with Crippen LogP contribution in [0.4, 0.5) is 10.1 Å². The number of aromatic nitrogens is 4. The zero-order valence-electron chi connectivity index (χ0n) is 17.1. The fourth-order valence-corrected chi connectivity index (χ4v) is 4.19. The first-order chi connectivity index (χ1) is 15.6. The Morgan fingerprint density at radius 1 is 1.00 bits per heavy atom. The Hall–Kier alpha value is -3.78. The largest absolute Gasteiger partial charge is 0.323 e. The van der Waals surface area contributed by atoms with Crippen molar-refractivity contribution in [3.8, 4) is 11.4 Å². The van der Waals surface area contributed by atoms with E-state index in [-0.39, 0.29) is 17.3 Å². The maximum atomic E-state index is 13.8. The number of benzene rings is 3. The fourth-order valence-electron chi connectivity index (χ4n) is 3.43. The van der Waals surface area contributed by atoms with E-state index >= 15 is 0 Å². The van der Waals surface area contributed by atoms with Gasteiger partial charge in [-0.1, -0.05) is 65.9 Å². The summed E-state index contributed by atoms with van der Waals surface area (Å²) in [6.07, 6.45) is 0. The average molecular weight is 444 g/mol. The van der Waals surface area contributed by atoms with Gasteiger partial charge in [0.25, 0.3) is 0 Å². The molecule has 0 saturated heterocycles. The van der Waals surface area contributed by atoms with Gasteiger partial charge in [0.1, 0.15) is 10.8 Å². The van der Waals surface area contributed by atoms with Gasteiger partial charge in [-0.3, -0.25) is 9.20 Å². The second kappa shape index (κ2) is 8.39. The van der Waals surface area contributed by atoms with Crippen molar-refractivity contribution < 1.29 is 9.18 Å². The van der Waals surface area contributed by atoms with Crippen LogP contribution in [0.1, 0.15) is 5.56 Å². The predicted octanol–water partition coefficient (Wildman–Crippen LogP) is 5.12. The number of hydrogen-bond donors (Lipinski definition) is 1. The van der Waals surface area contributed by atoms with Crippen molar-refractivity contribution in [2.24, 2.45) is 0 Å². The van der Waals surface area contributed by atoms with Gasteiger partial charge in [0.15, 0.2) is 11.5 Å². The first-order valence-corrected chi connectivity index (χ1v) is 11.0. The zero-order chi connectivity index (χ0) is 22.1. The summed E-state index contributed by atoms with van der Waals surface area (Å²) in [6, 6.07) is 21.9. The molecule has 1 amide bonds. The number of nitrogens with one attached hydrogen (secondary N) is 1. The molecule has 2 aromatic heterocycles. The van der Waals surface area contributed by atoms with Crippen molar-refractivity contribution in [3.63, 3.8) is 0 Å². The molecule has 3 aromatic carbocycles. The van der Waals surface area contributed by atoms with Crippen LogP contribution in [0, 0.1) is 12.7 Å². The highest BCUT2D eigenvalue weighted by Crippen LogP contribution is 2.29. The highest BCUT2D eigenvalue weighted by Gasteiger charge is 2.18. The van der Waals surface area contributed by atoms with Crippen LogP contribution in [-0.2, 0) is 4.79 Å². The summed E-state index contributed by atoms with van der Waals surface area (Å²) in [5, 5.41) is 12.0. The highest BCUT2D eigenvalue weighted by molar-refractivity contribution is 8.00. The maximum absolute atomic E-state index is 13.8. The number of anilines is 1. The van der Waals surface area contributed by atoms with Crippen molar-refractivity contribution in [2.45, 2.75) is 11.9 Å². The molecule has 0 fully saturated rings. The molecular weight excluding hydrogens is 425 g/mol. The van der Waals surface area contributed by atoms with E-state index in [1.807, 2.05) is 59.9 Å².